The largest absolute Gasteiger partial charge is 0.459 e. The van der Waals surface area contributed by atoms with Gasteiger partial charge in [0.25, 0.3) is 0 Å². The lowest BCUT2D eigenvalue weighted by Crippen LogP contribution is -2.44. The summed E-state index contributed by atoms with van der Waals surface area (Å²) in [6.07, 6.45) is 2.05. The topological polar surface area (TPSA) is 64.6 Å². The van der Waals surface area contributed by atoms with Crippen molar-refractivity contribution < 1.29 is 19.1 Å². The Morgan fingerprint density at radius 3 is 2.48 bits per heavy atom. The molecule has 126 valence electrons. The van der Waals surface area contributed by atoms with Crippen molar-refractivity contribution in [3.05, 3.63) is 48.6 Å². The summed E-state index contributed by atoms with van der Waals surface area (Å²) in [4.78, 5) is 24.0. The van der Waals surface area contributed by atoms with Crippen molar-refractivity contribution >= 4 is 12.1 Å². The first-order chi connectivity index (χ1) is 10.8. The molecule has 0 saturated carbocycles. The van der Waals surface area contributed by atoms with Crippen molar-refractivity contribution in [1.29, 1.82) is 0 Å². The first kappa shape index (κ1) is 18.7. The molecule has 1 aromatic rings. The van der Waals surface area contributed by atoms with Crippen molar-refractivity contribution in [3.8, 4) is 0 Å². The van der Waals surface area contributed by atoms with E-state index in [0.29, 0.717) is 12.8 Å². The third-order valence-electron chi connectivity index (χ3n) is 2.86. The van der Waals surface area contributed by atoms with Gasteiger partial charge >= 0.3 is 12.1 Å². The molecule has 0 aliphatic rings. The van der Waals surface area contributed by atoms with E-state index in [2.05, 4.69) is 11.9 Å². The van der Waals surface area contributed by atoms with Crippen LogP contribution in [0, 0.1) is 0 Å². The second-order valence-corrected chi connectivity index (χ2v) is 6.16. The lowest BCUT2D eigenvalue weighted by Gasteiger charge is -2.22. The number of nitrogens with one attached hydrogen (secondary N) is 1. The van der Waals surface area contributed by atoms with E-state index in [-0.39, 0.29) is 6.61 Å². The third kappa shape index (κ3) is 8.04. The Balaban J connectivity index is 2.59. The fourth-order valence-corrected chi connectivity index (χ4v) is 1.81. The van der Waals surface area contributed by atoms with Gasteiger partial charge in [0.1, 0.15) is 18.2 Å². The van der Waals surface area contributed by atoms with Gasteiger partial charge in [-0.05, 0) is 39.2 Å². The average Bonchev–Trinajstić information content (AvgIpc) is 2.48. The molecule has 0 aromatic heterocycles. The molecule has 0 saturated heterocycles. The van der Waals surface area contributed by atoms with Crippen LogP contribution < -0.4 is 5.32 Å². The Morgan fingerprint density at radius 2 is 1.91 bits per heavy atom. The highest BCUT2D eigenvalue weighted by molar-refractivity contribution is 5.81. The minimum Gasteiger partial charge on any atom is -0.459 e. The Kier molecular flexibility index (Phi) is 7.32. The summed E-state index contributed by atoms with van der Waals surface area (Å²) in [6, 6.07) is 8.61. The average molecular weight is 319 g/mol. The zero-order valence-electron chi connectivity index (χ0n) is 14.0. The zero-order valence-corrected chi connectivity index (χ0v) is 14.0. The van der Waals surface area contributed by atoms with Crippen LogP contribution in [0.3, 0.4) is 0 Å². The first-order valence-corrected chi connectivity index (χ1v) is 7.63. The lowest BCUT2D eigenvalue weighted by atomic mass is 10.1. The van der Waals surface area contributed by atoms with Crippen LogP contribution in [0.25, 0.3) is 0 Å². The molecule has 1 rings (SSSR count). The van der Waals surface area contributed by atoms with Crippen LogP contribution in [0.15, 0.2) is 43.0 Å². The summed E-state index contributed by atoms with van der Waals surface area (Å²) in [5, 5.41) is 2.56. The predicted octanol–water partition coefficient (Wildman–Crippen LogP) is 3.59. The van der Waals surface area contributed by atoms with Crippen molar-refractivity contribution in [2.24, 2.45) is 0 Å². The molecule has 0 aliphatic carbocycles. The molecule has 0 fully saturated rings. The van der Waals surface area contributed by atoms with Gasteiger partial charge in [0.05, 0.1) is 0 Å². The van der Waals surface area contributed by atoms with Gasteiger partial charge in [-0.3, -0.25) is 0 Å². The normalized spacial score (nSPS) is 12.1. The second-order valence-electron chi connectivity index (χ2n) is 6.16. The summed E-state index contributed by atoms with van der Waals surface area (Å²) < 4.78 is 10.5. The summed E-state index contributed by atoms with van der Waals surface area (Å²) in [7, 11) is 0. The molecular formula is C18H25NO4. The number of ether oxygens (including phenoxy) is 2. The van der Waals surface area contributed by atoms with E-state index in [4.69, 9.17) is 9.47 Å². The van der Waals surface area contributed by atoms with Crippen LogP contribution in [-0.4, -0.2) is 23.7 Å². The first-order valence-electron chi connectivity index (χ1n) is 7.63. The molecule has 1 atom stereocenters. The van der Waals surface area contributed by atoms with Crippen LogP contribution in [0.1, 0.15) is 39.2 Å². The number of carbonyl (C=O) groups excluding carboxylic acids is 2. The molecule has 0 heterocycles. The maximum absolute atomic E-state index is 12.2. The Morgan fingerprint density at radius 1 is 1.26 bits per heavy atom. The van der Waals surface area contributed by atoms with Crippen molar-refractivity contribution in [2.45, 2.75) is 51.9 Å². The fraction of sp³-hybridized carbons (Fsp3) is 0.444. The van der Waals surface area contributed by atoms with Crippen LogP contribution in [0.5, 0.6) is 0 Å². The van der Waals surface area contributed by atoms with Crippen molar-refractivity contribution in [3.63, 3.8) is 0 Å². The number of esters is 1. The number of rotatable bonds is 7. The van der Waals surface area contributed by atoms with Gasteiger partial charge < -0.3 is 14.8 Å². The fourth-order valence-electron chi connectivity index (χ4n) is 1.81. The molecule has 23 heavy (non-hydrogen) atoms. The second kappa shape index (κ2) is 8.98. The number of amides is 1. The van der Waals surface area contributed by atoms with Crippen LogP contribution in [-0.2, 0) is 20.9 Å². The van der Waals surface area contributed by atoms with Gasteiger partial charge in [0.15, 0.2) is 0 Å². The summed E-state index contributed by atoms with van der Waals surface area (Å²) >= 11 is 0. The summed E-state index contributed by atoms with van der Waals surface area (Å²) in [5.74, 6) is -0.485. The molecule has 1 unspecified atom stereocenters. The molecule has 0 aliphatic heterocycles. The van der Waals surface area contributed by atoms with Crippen LogP contribution in [0.4, 0.5) is 4.79 Å². The number of carbonyl (C=O) groups is 2. The Hall–Kier alpha value is -2.30. The van der Waals surface area contributed by atoms with E-state index in [1.165, 1.54) is 0 Å². The molecule has 5 heteroatoms. The number of alkyl carbamates (subject to hydrolysis) is 1. The van der Waals surface area contributed by atoms with Crippen LogP contribution in [0.2, 0.25) is 0 Å². The van der Waals surface area contributed by atoms with E-state index in [9.17, 15) is 9.59 Å². The van der Waals surface area contributed by atoms with Gasteiger partial charge in [-0.25, -0.2) is 9.59 Å². The van der Waals surface area contributed by atoms with Crippen LogP contribution >= 0.6 is 0 Å². The van der Waals surface area contributed by atoms with Gasteiger partial charge in [-0.2, -0.15) is 0 Å². The molecule has 1 aromatic carbocycles. The number of hydrogen-bond donors (Lipinski definition) is 1. The highest BCUT2D eigenvalue weighted by Gasteiger charge is 2.25. The zero-order chi connectivity index (χ0) is 17.3. The SMILES string of the molecule is C=CCCC(NC(=O)OC(C)(C)C)C(=O)OCc1ccccc1. The quantitative estimate of drug-likeness (QED) is 0.616. The minimum atomic E-state index is -0.758. The predicted molar refractivity (Wildman–Crippen MR) is 88.8 cm³/mol. The van der Waals surface area contributed by atoms with Gasteiger partial charge in [0, 0.05) is 0 Å². The summed E-state index contributed by atoms with van der Waals surface area (Å²) in [6.45, 7) is 9.08. The molecule has 1 amide bonds. The maximum atomic E-state index is 12.2. The van der Waals surface area contributed by atoms with E-state index in [0.717, 1.165) is 5.56 Å². The smallest absolute Gasteiger partial charge is 0.408 e. The van der Waals surface area contributed by atoms with Gasteiger partial charge in [-0.1, -0.05) is 36.4 Å². The van der Waals surface area contributed by atoms with Gasteiger partial charge in [-0.15, -0.1) is 6.58 Å². The Bertz CT molecular complexity index is 520. The molecule has 0 radical (unpaired) electrons. The Labute approximate surface area is 137 Å². The molecule has 1 N–H and O–H groups in total. The van der Waals surface area contributed by atoms with Crippen molar-refractivity contribution in [2.75, 3.05) is 0 Å². The number of benzene rings is 1. The van der Waals surface area contributed by atoms with E-state index >= 15 is 0 Å². The highest BCUT2D eigenvalue weighted by Crippen LogP contribution is 2.09. The number of allylic oxidation sites excluding steroid dienone is 1. The molecule has 0 bridgehead atoms. The van der Waals surface area contributed by atoms with E-state index < -0.39 is 23.7 Å². The summed E-state index contributed by atoms with van der Waals surface area (Å²) in [5.41, 5.74) is 0.265. The standard InChI is InChI=1S/C18H25NO4/c1-5-6-12-15(19-17(21)23-18(2,3)4)16(20)22-13-14-10-8-7-9-11-14/h5,7-11,15H,1,6,12-13H2,2-4H3,(H,19,21). The number of hydrogen-bond acceptors (Lipinski definition) is 4. The molecular weight excluding hydrogens is 294 g/mol. The van der Waals surface area contributed by atoms with Crippen molar-refractivity contribution in [1.82, 2.24) is 5.32 Å². The molecule has 0 spiro atoms. The minimum absolute atomic E-state index is 0.167. The van der Waals surface area contributed by atoms with E-state index in [1.807, 2.05) is 30.3 Å². The monoisotopic (exact) mass is 319 g/mol. The molecule has 5 nitrogen and oxygen atoms in total. The van der Waals surface area contributed by atoms with Gasteiger partial charge in [0.2, 0.25) is 0 Å². The van der Waals surface area contributed by atoms with E-state index in [1.54, 1.807) is 26.8 Å². The maximum Gasteiger partial charge on any atom is 0.408 e. The lowest BCUT2D eigenvalue weighted by molar-refractivity contribution is -0.147. The highest BCUT2D eigenvalue weighted by atomic mass is 16.6. The third-order valence-corrected chi connectivity index (χ3v) is 2.86.